The van der Waals surface area contributed by atoms with Gasteiger partial charge in [-0.3, -0.25) is 0 Å². The van der Waals surface area contributed by atoms with Crippen LogP contribution in [0.15, 0.2) is 72.8 Å². The SMILES string of the molecule is CN1CCN(c2nsc3ccc(-c4ccc(NC(=O)Nc5ccccc5)cc4)cc23)CC1. The van der Waals surface area contributed by atoms with E-state index >= 15 is 0 Å². The third kappa shape index (κ3) is 4.44. The van der Waals surface area contributed by atoms with Crippen molar-refractivity contribution in [1.82, 2.24) is 9.27 Å². The maximum atomic E-state index is 12.2. The molecule has 0 spiro atoms. The molecular weight excluding hydrogens is 418 g/mol. The van der Waals surface area contributed by atoms with E-state index in [0.717, 1.165) is 54.5 Å². The minimum absolute atomic E-state index is 0.258. The molecule has 0 atom stereocenters. The first-order valence-electron chi connectivity index (χ1n) is 10.7. The van der Waals surface area contributed by atoms with Gasteiger partial charge in [0.05, 0.1) is 4.70 Å². The zero-order valence-electron chi connectivity index (χ0n) is 17.9. The van der Waals surface area contributed by atoms with Gasteiger partial charge in [-0.25, -0.2) is 4.79 Å². The molecule has 4 aromatic rings. The first kappa shape index (κ1) is 20.5. The van der Waals surface area contributed by atoms with Crippen molar-refractivity contribution < 1.29 is 4.79 Å². The highest BCUT2D eigenvalue weighted by atomic mass is 32.1. The summed E-state index contributed by atoms with van der Waals surface area (Å²) in [5.74, 6) is 1.09. The van der Waals surface area contributed by atoms with Gasteiger partial charge >= 0.3 is 6.03 Å². The highest BCUT2D eigenvalue weighted by Gasteiger charge is 2.19. The Labute approximate surface area is 191 Å². The maximum Gasteiger partial charge on any atom is 0.323 e. The van der Waals surface area contributed by atoms with Gasteiger partial charge in [-0.05, 0) is 66.1 Å². The molecule has 0 unspecified atom stereocenters. The summed E-state index contributed by atoms with van der Waals surface area (Å²) in [5.41, 5.74) is 3.76. The van der Waals surface area contributed by atoms with Crippen molar-refractivity contribution in [1.29, 1.82) is 0 Å². The summed E-state index contributed by atoms with van der Waals surface area (Å²) < 4.78 is 5.96. The Hall–Kier alpha value is -3.42. The van der Waals surface area contributed by atoms with E-state index in [-0.39, 0.29) is 6.03 Å². The van der Waals surface area contributed by atoms with E-state index in [1.165, 1.54) is 10.1 Å². The van der Waals surface area contributed by atoms with Crippen LogP contribution in [0.2, 0.25) is 0 Å². The fraction of sp³-hybridized carbons (Fsp3) is 0.200. The molecule has 0 bridgehead atoms. The molecule has 1 aliphatic rings. The second kappa shape index (κ2) is 8.98. The van der Waals surface area contributed by atoms with Crippen LogP contribution in [-0.4, -0.2) is 48.5 Å². The maximum absolute atomic E-state index is 12.2. The van der Waals surface area contributed by atoms with E-state index in [1.807, 2.05) is 54.6 Å². The van der Waals surface area contributed by atoms with Gasteiger partial charge in [0.15, 0.2) is 0 Å². The largest absolute Gasteiger partial charge is 0.353 e. The molecule has 2 amide bonds. The summed E-state index contributed by atoms with van der Waals surface area (Å²) in [4.78, 5) is 17.0. The van der Waals surface area contributed by atoms with Gasteiger partial charge in [0, 0.05) is 42.9 Å². The van der Waals surface area contributed by atoms with Crippen LogP contribution in [0, 0.1) is 0 Å². The fourth-order valence-electron chi connectivity index (χ4n) is 3.91. The summed E-state index contributed by atoms with van der Waals surface area (Å²) >= 11 is 1.56. The Bertz CT molecular complexity index is 1210. The first-order chi connectivity index (χ1) is 15.7. The number of rotatable bonds is 4. The molecule has 5 rings (SSSR count). The van der Waals surface area contributed by atoms with Crippen molar-refractivity contribution in [2.75, 3.05) is 48.8 Å². The van der Waals surface area contributed by atoms with E-state index < -0.39 is 0 Å². The molecule has 1 saturated heterocycles. The molecule has 1 aromatic heterocycles. The van der Waals surface area contributed by atoms with E-state index in [9.17, 15) is 4.79 Å². The minimum atomic E-state index is -0.258. The number of nitrogens with one attached hydrogen (secondary N) is 2. The van der Waals surface area contributed by atoms with Crippen LogP contribution in [0.25, 0.3) is 21.2 Å². The van der Waals surface area contributed by atoms with Crippen LogP contribution in [0.3, 0.4) is 0 Å². The highest BCUT2D eigenvalue weighted by molar-refractivity contribution is 7.13. The van der Waals surface area contributed by atoms with Gasteiger partial charge in [-0.15, -0.1) is 0 Å². The van der Waals surface area contributed by atoms with Crippen LogP contribution in [-0.2, 0) is 0 Å². The second-order valence-corrected chi connectivity index (χ2v) is 8.83. The first-order valence-corrected chi connectivity index (χ1v) is 11.5. The standard InChI is InChI=1S/C25H25N5OS/c1-29-13-15-30(16-14-29)24-22-17-19(9-12-23(22)32-28-24)18-7-10-21(11-8-18)27-25(31)26-20-5-3-2-4-6-20/h2-12,17H,13-16H2,1H3,(H2,26,27,31). The molecule has 1 fully saturated rings. The van der Waals surface area contributed by atoms with Gasteiger partial charge in [0.25, 0.3) is 0 Å². The van der Waals surface area contributed by atoms with Crippen molar-refractivity contribution in [3.63, 3.8) is 0 Å². The number of hydrogen-bond acceptors (Lipinski definition) is 5. The van der Waals surface area contributed by atoms with Crippen LogP contribution in [0.1, 0.15) is 0 Å². The average Bonchev–Trinajstić information content (AvgIpc) is 3.24. The number of para-hydroxylation sites is 1. The van der Waals surface area contributed by atoms with Crippen LogP contribution in [0.4, 0.5) is 22.0 Å². The molecule has 32 heavy (non-hydrogen) atoms. The predicted octanol–water partition coefficient (Wildman–Crippen LogP) is 5.36. The number of urea groups is 1. The molecule has 6 nitrogen and oxygen atoms in total. The zero-order valence-corrected chi connectivity index (χ0v) is 18.7. The summed E-state index contributed by atoms with van der Waals surface area (Å²) in [6, 6.07) is 23.6. The van der Waals surface area contributed by atoms with E-state index in [1.54, 1.807) is 11.5 Å². The van der Waals surface area contributed by atoms with E-state index in [4.69, 9.17) is 4.37 Å². The number of carbonyl (C=O) groups is 1. The number of carbonyl (C=O) groups excluding carboxylic acids is 1. The number of benzene rings is 3. The third-order valence-corrected chi connectivity index (χ3v) is 6.58. The molecule has 7 heteroatoms. The molecule has 0 aliphatic carbocycles. The number of nitrogens with zero attached hydrogens (tertiary/aromatic N) is 3. The van der Waals surface area contributed by atoms with Gasteiger partial charge in [-0.2, -0.15) is 4.37 Å². The predicted molar refractivity (Wildman–Crippen MR) is 134 cm³/mol. The summed E-state index contributed by atoms with van der Waals surface area (Å²) in [6.07, 6.45) is 0. The monoisotopic (exact) mass is 443 g/mol. The highest BCUT2D eigenvalue weighted by Crippen LogP contribution is 2.34. The average molecular weight is 444 g/mol. The quantitative estimate of drug-likeness (QED) is 0.446. The Morgan fingerprint density at radius 2 is 1.50 bits per heavy atom. The molecule has 2 N–H and O–H groups in total. The summed E-state index contributed by atoms with van der Waals surface area (Å²) in [5, 5.41) is 6.92. The lowest BCUT2D eigenvalue weighted by molar-refractivity contribution is 0.262. The third-order valence-electron chi connectivity index (χ3n) is 5.76. The number of likely N-dealkylation sites (N-methyl/N-ethyl adjacent to an activating group) is 1. The lowest BCUT2D eigenvalue weighted by Crippen LogP contribution is -2.44. The van der Waals surface area contributed by atoms with Crippen molar-refractivity contribution in [2.45, 2.75) is 0 Å². The lowest BCUT2D eigenvalue weighted by Gasteiger charge is -2.32. The minimum Gasteiger partial charge on any atom is -0.353 e. The zero-order chi connectivity index (χ0) is 21.9. The van der Waals surface area contributed by atoms with Crippen molar-refractivity contribution in [3.8, 4) is 11.1 Å². The molecule has 1 aliphatic heterocycles. The van der Waals surface area contributed by atoms with Crippen molar-refractivity contribution in [3.05, 3.63) is 72.8 Å². The van der Waals surface area contributed by atoms with Crippen LogP contribution < -0.4 is 15.5 Å². The van der Waals surface area contributed by atoms with E-state index in [2.05, 4.69) is 45.7 Å². The van der Waals surface area contributed by atoms with Gasteiger partial charge in [0.2, 0.25) is 0 Å². The number of amides is 2. The number of fused-ring (bicyclic) bond motifs is 1. The molecule has 0 radical (unpaired) electrons. The van der Waals surface area contributed by atoms with Crippen LogP contribution in [0.5, 0.6) is 0 Å². The summed E-state index contributed by atoms with van der Waals surface area (Å²) in [7, 11) is 2.17. The smallest absolute Gasteiger partial charge is 0.323 e. The number of piperazine rings is 1. The number of aromatic nitrogens is 1. The number of anilines is 3. The molecular formula is C25H25N5OS. The topological polar surface area (TPSA) is 60.5 Å². The normalized spacial score (nSPS) is 14.5. The fourth-order valence-corrected chi connectivity index (χ4v) is 4.69. The lowest BCUT2D eigenvalue weighted by atomic mass is 10.0. The van der Waals surface area contributed by atoms with Gasteiger partial charge in [0.1, 0.15) is 5.82 Å². The second-order valence-electron chi connectivity index (χ2n) is 8.03. The Morgan fingerprint density at radius 1 is 0.844 bits per heavy atom. The molecule has 162 valence electrons. The Morgan fingerprint density at radius 3 is 2.22 bits per heavy atom. The Kier molecular flexibility index (Phi) is 5.75. The Balaban J connectivity index is 1.32. The van der Waals surface area contributed by atoms with Crippen LogP contribution >= 0.6 is 11.5 Å². The molecule has 3 aromatic carbocycles. The van der Waals surface area contributed by atoms with Crippen molar-refractivity contribution in [2.24, 2.45) is 0 Å². The van der Waals surface area contributed by atoms with Crippen molar-refractivity contribution >= 4 is 44.8 Å². The molecule has 2 heterocycles. The number of hydrogen-bond donors (Lipinski definition) is 2. The van der Waals surface area contributed by atoms with Gasteiger partial charge in [-0.1, -0.05) is 36.4 Å². The summed E-state index contributed by atoms with van der Waals surface area (Å²) in [6.45, 7) is 4.13. The van der Waals surface area contributed by atoms with Gasteiger partial charge < -0.3 is 20.4 Å². The van der Waals surface area contributed by atoms with E-state index in [0.29, 0.717) is 0 Å². The molecule has 0 saturated carbocycles.